The van der Waals surface area contributed by atoms with Crippen molar-refractivity contribution in [1.29, 1.82) is 0 Å². The summed E-state index contributed by atoms with van der Waals surface area (Å²) in [5.41, 5.74) is 0. The van der Waals surface area contributed by atoms with E-state index < -0.39 is 0 Å². The Morgan fingerprint density at radius 3 is 2.94 bits per heavy atom. The van der Waals surface area contributed by atoms with Crippen LogP contribution in [0.3, 0.4) is 0 Å². The Morgan fingerprint density at radius 1 is 1.47 bits per heavy atom. The molecule has 1 saturated heterocycles. The average molecular weight is 274 g/mol. The summed E-state index contributed by atoms with van der Waals surface area (Å²) < 4.78 is 0.439. The first-order chi connectivity index (χ1) is 8.19. The van der Waals surface area contributed by atoms with Crippen LogP contribution in [0.5, 0.6) is 0 Å². The largest absolute Gasteiger partial charge is 0.336 e. The van der Waals surface area contributed by atoms with Crippen molar-refractivity contribution in [2.24, 2.45) is 5.92 Å². The number of aromatic nitrogens is 2. The van der Waals surface area contributed by atoms with Crippen molar-refractivity contribution < 1.29 is 4.79 Å². The SMILES string of the molecule is CCC1CCC(=O)N(Cc2nnc(Cl)s2)CC1. The monoisotopic (exact) mass is 273 g/mol. The molecule has 0 spiro atoms. The van der Waals surface area contributed by atoms with Crippen LogP contribution in [0, 0.1) is 5.92 Å². The van der Waals surface area contributed by atoms with Gasteiger partial charge in [0.05, 0.1) is 6.54 Å². The van der Waals surface area contributed by atoms with E-state index in [0.717, 1.165) is 30.8 Å². The summed E-state index contributed by atoms with van der Waals surface area (Å²) in [7, 11) is 0. The smallest absolute Gasteiger partial charge is 0.222 e. The maximum absolute atomic E-state index is 11.9. The molecule has 1 aliphatic heterocycles. The van der Waals surface area contributed by atoms with Crippen LogP contribution in [0.4, 0.5) is 0 Å². The van der Waals surface area contributed by atoms with Gasteiger partial charge in [0, 0.05) is 13.0 Å². The number of halogens is 1. The Kier molecular flexibility index (Phi) is 4.34. The maximum atomic E-state index is 11.9. The lowest BCUT2D eigenvalue weighted by molar-refractivity contribution is -0.131. The van der Waals surface area contributed by atoms with Gasteiger partial charge in [0.25, 0.3) is 0 Å². The first-order valence-electron chi connectivity index (χ1n) is 5.94. The van der Waals surface area contributed by atoms with Gasteiger partial charge in [-0.3, -0.25) is 4.79 Å². The molecule has 1 aromatic rings. The van der Waals surface area contributed by atoms with E-state index >= 15 is 0 Å². The molecule has 17 heavy (non-hydrogen) atoms. The highest BCUT2D eigenvalue weighted by Gasteiger charge is 2.22. The van der Waals surface area contributed by atoms with Crippen molar-refractivity contribution in [3.05, 3.63) is 9.47 Å². The van der Waals surface area contributed by atoms with Crippen LogP contribution in [0.2, 0.25) is 4.47 Å². The molecule has 0 aromatic carbocycles. The van der Waals surface area contributed by atoms with Gasteiger partial charge < -0.3 is 4.90 Å². The number of amides is 1. The normalized spacial score (nSPS) is 21.6. The van der Waals surface area contributed by atoms with E-state index in [9.17, 15) is 4.79 Å². The molecule has 0 aliphatic carbocycles. The minimum absolute atomic E-state index is 0.229. The van der Waals surface area contributed by atoms with Gasteiger partial charge in [0.15, 0.2) is 0 Å². The van der Waals surface area contributed by atoms with Crippen LogP contribution >= 0.6 is 22.9 Å². The summed E-state index contributed by atoms with van der Waals surface area (Å²) in [6.07, 6.45) is 3.92. The zero-order valence-corrected chi connectivity index (χ0v) is 11.4. The van der Waals surface area contributed by atoms with E-state index in [1.54, 1.807) is 0 Å². The highest BCUT2D eigenvalue weighted by Crippen LogP contribution is 2.23. The van der Waals surface area contributed by atoms with Gasteiger partial charge >= 0.3 is 0 Å². The third-order valence-electron chi connectivity index (χ3n) is 3.27. The van der Waals surface area contributed by atoms with Gasteiger partial charge in [0.1, 0.15) is 5.01 Å². The highest BCUT2D eigenvalue weighted by molar-refractivity contribution is 7.15. The quantitative estimate of drug-likeness (QED) is 0.851. The van der Waals surface area contributed by atoms with Gasteiger partial charge in [-0.25, -0.2) is 0 Å². The summed E-state index contributed by atoms with van der Waals surface area (Å²) in [5.74, 6) is 0.911. The fourth-order valence-corrected chi connectivity index (χ4v) is 3.01. The van der Waals surface area contributed by atoms with Crippen molar-refractivity contribution in [1.82, 2.24) is 15.1 Å². The molecule has 1 atom stereocenters. The van der Waals surface area contributed by atoms with E-state index in [4.69, 9.17) is 11.6 Å². The van der Waals surface area contributed by atoms with Crippen LogP contribution in [0.25, 0.3) is 0 Å². The zero-order valence-electron chi connectivity index (χ0n) is 9.86. The molecular formula is C11H16ClN3OS. The molecule has 6 heteroatoms. The van der Waals surface area contributed by atoms with Gasteiger partial charge in [-0.05, 0) is 30.4 Å². The average Bonchev–Trinajstić information content (AvgIpc) is 2.64. The number of carbonyl (C=O) groups excluding carboxylic acids is 1. The Balaban J connectivity index is 1.97. The van der Waals surface area contributed by atoms with Crippen molar-refractivity contribution in [3.8, 4) is 0 Å². The molecule has 1 fully saturated rings. The lowest BCUT2D eigenvalue weighted by atomic mass is 9.98. The molecule has 1 aromatic heterocycles. The van der Waals surface area contributed by atoms with Gasteiger partial charge in [0.2, 0.25) is 10.4 Å². The molecule has 2 heterocycles. The van der Waals surface area contributed by atoms with Crippen LogP contribution in [-0.2, 0) is 11.3 Å². The van der Waals surface area contributed by atoms with E-state index in [0.29, 0.717) is 23.4 Å². The van der Waals surface area contributed by atoms with Gasteiger partial charge in [-0.2, -0.15) is 0 Å². The number of rotatable bonds is 3. The predicted molar refractivity (Wildman–Crippen MR) is 68.0 cm³/mol. The number of likely N-dealkylation sites (tertiary alicyclic amines) is 1. The zero-order chi connectivity index (χ0) is 12.3. The second kappa shape index (κ2) is 5.78. The second-order valence-electron chi connectivity index (χ2n) is 4.37. The third kappa shape index (κ3) is 3.39. The number of nitrogens with zero attached hydrogens (tertiary/aromatic N) is 3. The van der Waals surface area contributed by atoms with Crippen LogP contribution in [-0.4, -0.2) is 27.5 Å². The molecule has 1 amide bonds. The van der Waals surface area contributed by atoms with E-state index in [1.807, 2.05) is 4.90 Å². The molecule has 94 valence electrons. The Labute approximate surface area is 110 Å². The van der Waals surface area contributed by atoms with Crippen LogP contribution < -0.4 is 0 Å². The van der Waals surface area contributed by atoms with Gasteiger partial charge in [-0.1, -0.05) is 24.7 Å². The molecule has 0 N–H and O–H groups in total. The molecule has 2 rings (SSSR count). The first kappa shape index (κ1) is 12.8. The van der Waals surface area contributed by atoms with Crippen LogP contribution in [0.15, 0.2) is 0 Å². The highest BCUT2D eigenvalue weighted by atomic mass is 35.5. The third-order valence-corrected chi connectivity index (χ3v) is 4.28. The fourth-order valence-electron chi connectivity index (χ4n) is 2.13. The van der Waals surface area contributed by atoms with E-state index in [-0.39, 0.29) is 5.91 Å². The lowest BCUT2D eigenvalue weighted by Crippen LogP contribution is -2.29. The Hall–Kier alpha value is -0.680. The van der Waals surface area contributed by atoms with E-state index in [1.165, 1.54) is 11.3 Å². The Morgan fingerprint density at radius 2 is 2.29 bits per heavy atom. The minimum Gasteiger partial charge on any atom is -0.336 e. The lowest BCUT2D eigenvalue weighted by Gasteiger charge is -2.18. The molecule has 0 bridgehead atoms. The minimum atomic E-state index is 0.229. The van der Waals surface area contributed by atoms with E-state index in [2.05, 4.69) is 17.1 Å². The van der Waals surface area contributed by atoms with Crippen molar-refractivity contribution in [2.75, 3.05) is 6.54 Å². The van der Waals surface area contributed by atoms with Crippen molar-refractivity contribution in [3.63, 3.8) is 0 Å². The summed E-state index contributed by atoms with van der Waals surface area (Å²) in [6, 6.07) is 0. The summed E-state index contributed by atoms with van der Waals surface area (Å²) in [5, 5.41) is 8.53. The number of carbonyl (C=O) groups is 1. The first-order valence-corrected chi connectivity index (χ1v) is 7.14. The fraction of sp³-hybridized carbons (Fsp3) is 0.727. The molecule has 1 aliphatic rings. The summed E-state index contributed by atoms with van der Waals surface area (Å²) in [4.78, 5) is 13.8. The standard InChI is InChI=1S/C11H16ClN3OS/c1-2-8-3-4-10(16)15(6-5-8)7-9-13-14-11(12)17-9/h8H,2-7H2,1H3. The van der Waals surface area contributed by atoms with Crippen molar-refractivity contribution >= 4 is 28.8 Å². The maximum Gasteiger partial charge on any atom is 0.222 e. The topological polar surface area (TPSA) is 46.1 Å². The summed E-state index contributed by atoms with van der Waals surface area (Å²) in [6.45, 7) is 3.57. The van der Waals surface area contributed by atoms with Crippen LogP contribution in [0.1, 0.15) is 37.6 Å². The summed E-state index contributed by atoms with van der Waals surface area (Å²) >= 11 is 7.08. The molecule has 4 nitrogen and oxygen atoms in total. The second-order valence-corrected chi connectivity index (χ2v) is 6.01. The molecule has 0 radical (unpaired) electrons. The Bertz CT molecular complexity index is 396. The number of hydrogen-bond donors (Lipinski definition) is 0. The number of hydrogen-bond acceptors (Lipinski definition) is 4. The molecule has 0 saturated carbocycles. The molecule has 1 unspecified atom stereocenters. The van der Waals surface area contributed by atoms with Crippen molar-refractivity contribution in [2.45, 2.75) is 39.2 Å². The van der Waals surface area contributed by atoms with Gasteiger partial charge in [-0.15, -0.1) is 10.2 Å². The predicted octanol–water partition coefficient (Wildman–Crippen LogP) is 2.73. The molecular weight excluding hydrogens is 258 g/mol.